The zero-order valence-corrected chi connectivity index (χ0v) is 20.1. The van der Waals surface area contributed by atoms with Crippen molar-refractivity contribution in [1.29, 1.82) is 0 Å². The van der Waals surface area contributed by atoms with Crippen LogP contribution in [-0.2, 0) is 4.43 Å². The number of aromatic nitrogens is 2. The number of hydrogen-bond acceptors (Lipinski definition) is 7. The maximum Gasteiger partial charge on any atom is 0.297 e. The molecule has 2 aromatic heterocycles. The Kier molecular flexibility index (Phi) is 6.77. The van der Waals surface area contributed by atoms with Crippen LogP contribution in [0.5, 0.6) is 5.75 Å². The van der Waals surface area contributed by atoms with E-state index < -0.39 is 8.32 Å². The summed E-state index contributed by atoms with van der Waals surface area (Å²) in [5, 5.41) is 3.98. The van der Waals surface area contributed by atoms with E-state index in [-0.39, 0.29) is 11.1 Å². The highest BCUT2D eigenvalue weighted by Gasteiger charge is 2.37. The van der Waals surface area contributed by atoms with Gasteiger partial charge in [-0.05, 0) is 37.5 Å². The van der Waals surface area contributed by atoms with Crippen molar-refractivity contribution in [3.8, 4) is 5.75 Å². The van der Waals surface area contributed by atoms with E-state index >= 15 is 0 Å². The molecule has 1 aliphatic rings. The highest BCUT2D eigenvalue weighted by atomic mass is 35.5. The number of fused-ring (bicyclic) bond motifs is 1. The lowest BCUT2D eigenvalue weighted by atomic mass is 10.1. The Morgan fingerprint density at radius 3 is 2.79 bits per heavy atom. The van der Waals surface area contributed by atoms with Crippen LogP contribution >= 0.6 is 11.6 Å². The topological polar surface area (TPSA) is 72.7 Å². The molecule has 7 nitrogen and oxygen atoms in total. The summed E-state index contributed by atoms with van der Waals surface area (Å²) in [7, 11) is -0.122. The number of likely N-dealkylation sites (tertiary alicyclic amines) is 1. The van der Waals surface area contributed by atoms with Gasteiger partial charge in [0.25, 0.3) is 6.01 Å². The molecule has 0 amide bonds. The monoisotopic (exact) mass is 440 g/mol. The largest absolute Gasteiger partial charge is 0.493 e. The summed E-state index contributed by atoms with van der Waals surface area (Å²) in [6.07, 6.45) is 2.20. The summed E-state index contributed by atoms with van der Waals surface area (Å²) in [6, 6.07) is 2.35. The molecule has 3 rings (SSSR count). The molecule has 9 heteroatoms. The van der Waals surface area contributed by atoms with E-state index in [2.05, 4.69) is 54.0 Å². The van der Waals surface area contributed by atoms with Gasteiger partial charge in [0.1, 0.15) is 5.15 Å². The zero-order valence-electron chi connectivity index (χ0n) is 18.3. The number of halogens is 1. The highest BCUT2D eigenvalue weighted by molar-refractivity contribution is 6.74. The number of ether oxygens (including phenoxy) is 1. The standard InChI is InChI=1S/C20H33ClN4O3Si/c1-20(2,3)29(5,6)27-11-10-25-9-7-8-14(13-25)22-19-24-18-17(28-19)15(26-4)12-16(21)23-18/h12,14H,7-11,13H2,1-6H3,(H,22,23,24)/t14-/m1/s1. The summed E-state index contributed by atoms with van der Waals surface area (Å²) < 4.78 is 17.5. The van der Waals surface area contributed by atoms with Crippen molar-refractivity contribution in [1.82, 2.24) is 14.9 Å². The molecule has 0 aliphatic carbocycles. The summed E-state index contributed by atoms with van der Waals surface area (Å²) in [5.74, 6) is 0.536. The zero-order chi connectivity index (χ0) is 21.2. The molecular formula is C20H33ClN4O3Si. The average Bonchev–Trinajstić information content (AvgIpc) is 3.02. The van der Waals surface area contributed by atoms with Crippen LogP contribution in [0.1, 0.15) is 33.6 Å². The molecule has 162 valence electrons. The van der Waals surface area contributed by atoms with E-state index in [1.54, 1.807) is 13.2 Å². The average molecular weight is 441 g/mol. The molecule has 1 saturated heterocycles. The van der Waals surface area contributed by atoms with Gasteiger partial charge in [-0.15, -0.1) is 0 Å². The van der Waals surface area contributed by atoms with Gasteiger partial charge in [-0.1, -0.05) is 32.4 Å². The van der Waals surface area contributed by atoms with Crippen LogP contribution < -0.4 is 10.1 Å². The third-order valence-electron chi connectivity index (χ3n) is 6.03. The molecule has 1 fully saturated rings. The van der Waals surface area contributed by atoms with Gasteiger partial charge in [0.05, 0.1) is 7.11 Å². The van der Waals surface area contributed by atoms with Gasteiger partial charge in [-0.2, -0.15) is 4.98 Å². The van der Waals surface area contributed by atoms with E-state index in [0.717, 1.165) is 39.1 Å². The Hall–Kier alpha value is -1.35. The summed E-state index contributed by atoms with van der Waals surface area (Å²) in [6.45, 7) is 15.2. The van der Waals surface area contributed by atoms with Crippen LogP contribution in [0.15, 0.2) is 10.5 Å². The molecule has 1 atom stereocenters. The van der Waals surface area contributed by atoms with Gasteiger partial charge in [0.15, 0.2) is 14.1 Å². The quantitative estimate of drug-likeness (QED) is 0.490. The molecule has 0 radical (unpaired) electrons. The summed E-state index contributed by atoms with van der Waals surface area (Å²) >= 11 is 6.02. The lowest BCUT2D eigenvalue weighted by Crippen LogP contribution is -2.46. The first-order valence-electron chi connectivity index (χ1n) is 10.2. The summed E-state index contributed by atoms with van der Waals surface area (Å²) in [4.78, 5) is 11.1. The van der Waals surface area contributed by atoms with Crippen molar-refractivity contribution in [3.05, 3.63) is 11.2 Å². The van der Waals surface area contributed by atoms with Gasteiger partial charge in [-0.25, -0.2) is 4.98 Å². The number of oxazole rings is 1. The second kappa shape index (κ2) is 8.79. The van der Waals surface area contributed by atoms with Crippen molar-refractivity contribution in [2.24, 2.45) is 0 Å². The number of hydrogen-bond donors (Lipinski definition) is 1. The maximum absolute atomic E-state index is 6.34. The third-order valence-corrected chi connectivity index (χ3v) is 10.8. The Bertz CT molecular complexity index is 837. The van der Waals surface area contributed by atoms with Crippen LogP contribution in [0.25, 0.3) is 11.2 Å². The highest BCUT2D eigenvalue weighted by Crippen LogP contribution is 2.36. The predicted molar refractivity (Wildman–Crippen MR) is 120 cm³/mol. The second-order valence-electron chi connectivity index (χ2n) is 9.21. The van der Waals surface area contributed by atoms with E-state index in [1.165, 1.54) is 0 Å². The fourth-order valence-corrected chi connectivity index (χ4v) is 4.48. The van der Waals surface area contributed by atoms with Crippen molar-refractivity contribution < 1.29 is 13.6 Å². The fraction of sp³-hybridized carbons (Fsp3) is 0.700. The van der Waals surface area contributed by atoms with Gasteiger partial charge in [-0.3, -0.25) is 4.90 Å². The van der Waals surface area contributed by atoms with E-state index in [9.17, 15) is 0 Å². The Labute approximate surface area is 179 Å². The molecule has 3 heterocycles. The summed E-state index contributed by atoms with van der Waals surface area (Å²) in [5.41, 5.74) is 0.960. The lowest BCUT2D eigenvalue weighted by molar-refractivity contribution is 0.168. The van der Waals surface area contributed by atoms with Gasteiger partial charge < -0.3 is 18.9 Å². The normalized spacial score (nSPS) is 18.9. The molecule has 1 aliphatic heterocycles. The Morgan fingerprint density at radius 2 is 2.10 bits per heavy atom. The van der Waals surface area contributed by atoms with Crippen LogP contribution in [0.4, 0.5) is 6.01 Å². The fourth-order valence-electron chi connectivity index (χ4n) is 3.27. The minimum absolute atomic E-state index is 0.240. The first-order chi connectivity index (χ1) is 13.6. The van der Waals surface area contributed by atoms with E-state index in [0.29, 0.717) is 28.1 Å². The minimum atomic E-state index is -1.70. The van der Waals surface area contributed by atoms with Crippen LogP contribution in [0.2, 0.25) is 23.3 Å². The molecule has 2 aromatic rings. The maximum atomic E-state index is 6.34. The minimum Gasteiger partial charge on any atom is -0.493 e. The van der Waals surface area contributed by atoms with Crippen molar-refractivity contribution in [3.63, 3.8) is 0 Å². The molecule has 1 N–H and O–H groups in total. The smallest absolute Gasteiger partial charge is 0.297 e. The van der Waals surface area contributed by atoms with Crippen LogP contribution in [0.3, 0.4) is 0 Å². The van der Waals surface area contributed by atoms with Gasteiger partial charge >= 0.3 is 0 Å². The molecule has 29 heavy (non-hydrogen) atoms. The van der Waals surface area contributed by atoms with E-state index in [4.69, 9.17) is 25.2 Å². The number of piperidine rings is 1. The molecular weight excluding hydrogens is 408 g/mol. The second-order valence-corrected chi connectivity index (χ2v) is 14.4. The van der Waals surface area contributed by atoms with Crippen molar-refractivity contribution in [2.75, 3.05) is 38.7 Å². The van der Waals surface area contributed by atoms with Gasteiger partial charge in [0.2, 0.25) is 11.2 Å². The molecule has 0 saturated carbocycles. The number of nitrogens with one attached hydrogen (secondary N) is 1. The number of pyridine rings is 1. The van der Waals surface area contributed by atoms with Crippen molar-refractivity contribution in [2.45, 2.75) is 57.8 Å². The molecule has 0 bridgehead atoms. The first-order valence-corrected chi connectivity index (χ1v) is 13.5. The van der Waals surface area contributed by atoms with Gasteiger partial charge in [0, 0.05) is 31.8 Å². The molecule has 0 unspecified atom stereocenters. The number of methoxy groups -OCH3 is 1. The number of anilines is 1. The number of rotatable bonds is 7. The SMILES string of the molecule is COc1cc(Cl)nc2nc(N[C@@H]3CCCN(CCO[Si](C)(C)C(C)(C)C)C3)oc12. The van der Waals surface area contributed by atoms with E-state index in [1.807, 2.05) is 0 Å². The Morgan fingerprint density at radius 1 is 1.34 bits per heavy atom. The molecule has 0 spiro atoms. The first kappa shape index (κ1) is 22.3. The van der Waals surface area contributed by atoms with Crippen LogP contribution in [0, 0.1) is 0 Å². The third kappa shape index (κ3) is 5.42. The number of nitrogens with zero attached hydrogens (tertiary/aromatic N) is 3. The molecule has 0 aromatic carbocycles. The lowest BCUT2D eigenvalue weighted by Gasteiger charge is -2.38. The predicted octanol–water partition coefficient (Wildman–Crippen LogP) is 4.78. The van der Waals surface area contributed by atoms with Crippen LogP contribution in [-0.4, -0.2) is 62.6 Å². The van der Waals surface area contributed by atoms with Crippen molar-refractivity contribution >= 4 is 37.2 Å². The Balaban J connectivity index is 1.57.